The summed E-state index contributed by atoms with van der Waals surface area (Å²) in [4.78, 5) is 25.9. The molecular formula is C13H26ClN3O3. The third kappa shape index (κ3) is 6.07. The highest BCUT2D eigenvalue weighted by molar-refractivity contribution is 5.88. The number of nitrogens with one attached hydrogen (secondary N) is 1. The molecule has 1 fully saturated rings. The summed E-state index contributed by atoms with van der Waals surface area (Å²) >= 11 is 0. The van der Waals surface area contributed by atoms with Gasteiger partial charge in [0.2, 0.25) is 11.8 Å². The highest BCUT2D eigenvalue weighted by atomic mass is 35.5. The normalized spacial score (nSPS) is 18.1. The van der Waals surface area contributed by atoms with Crippen LogP contribution >= 0.6 is 12.4 Å². The van der Waals surface area contributed by atoms with Gasteiger partial charge in [0.25, 0.3) is 0 Å². The quantitative estimate of drug-likeness (QED) is 0.757. The Hall–Kier alpha value is -0.850. The van der Waals surface area contributed by atoms with E-state index in [4.69, 9.17) is 10.5 Å². The molecular weight excluding hydrogens is 282 g/mol. The van der Waals surface area contributed by atoms with Gasteiger partial charge in [0.1, 0.15) is 6.04 Å². The third-order valence-electron chi connectivity index (χ3n) is 3.08. The van der Waals surface area contributed by atoms with Crippen molar-refractivity contribution in [1.82, 2.24) is 10.2 Å². The third-order valence-corrected chi connectivity index (χ3v) is 3.08. The summed E-state index contributed by atoms with van der Waals surface area (Å²) in [6.45, 7) is 7.92. The molecule has 20 heavy (non-hydrogen) atoms. The first-order valence-electron chi connectivity index (χ1n) is 6.83. The van der Waals surface area contributed by atoms with Crippen LogP contribution in [-0.2, 0) is 14.3 Å². The maximum absolute atomic E-state index is 12.4. The minimum Gasteiger partial charge on any atom is -0.378 e. The number of ether oxygens (including phenoxy) is 1. The van der Waals surface area contributed by atoms with E-state index < -0.39 is 6.04 Å². The van der Waals surface area contributed by atoms with E-state index in [1.807, 2.05) is 13.8 Å². The topological polar surface area (TPSA) is 84.7 Å². The molecule has 1 aliphatic heterocycles. The van der Waals surface area contributed by atoms with E-state index in [9.17, 15) is 9.59 Å². The van der Waals surface area contributed by atoms with Crippen molar-refractivity contribution < 1.29 is 14.3 Å². The summed E-state index contributed by atoms with van der Waals surface area (Å²) in [5.41, 5.74) is 5.59. The molecule has 7 heteroatoms. The van der Waals surface area contributed by atoms with Gasteiger partial charge in [-0.15, -0.1) is 12.4 Å². The molecule has 2 atom stereocenters. The fraction of sp³-hybridized carbons (Fsp3) is 0.846. The fourth-order valence-corrected chi connectivity index (χ4v) is 2.02. The van der Waals surface area contributed by atoms with Gasteiger partial charge in [0, 0.05) is 25.6 Å². The van der Waals surface area contributed by atoms with Crippen LogP contribution in [0.4, 0.5) is 0 Å². The van der Waals surface area contributed by atoms with Crippen LogP contribution in [0.3, 0.4) is 0 Å². The van der Waals surface area contributed by atoms with Crippen molar-refractivity contribution in [2.75, 3.05) is 26.3 Å². The SMILES string of the molecule is CC(N)CC(=O)NC(C(=O)N1CCOCC1)C(C)C.Cl. The summed E-state index contributed by atoms with van der Waals surface area (Å²) in [5, 5.41) is 2.79. The Balaban J connectivity index is 0.00000361. The van der Waals surface area contributed by atoms with Crippen LogP contribution in [0.5, 0.6) is 0 Å². The van der Waals surface area contributed by atoms with Gasteiger partial charge < -0.3 is 20.7 Å². The molecule has 1 saturated heterocycles. The Morgan fingerprint density at radius 1 is 1.25 bits per heavy atom. The summed E-state index contributed by atoms with van der Waals surface area (Å²) in [7, 11) is 0. The number of nitrogens with two attached hydrogens (primary N) is 1. The van der Waals surface area contributed by atoms with Crippen LogP contribution in [0.2, 0.25) is 0 Å². The lowest BCUT2D eigenvalue weighted by Crippen LogP contribution is -2.54. The number of carbonyl (C=O) groups excluding carboxylic acids is 2. The zero-order chi connectivity index (χ0) is 14.4. The monoisotopic (exact) mass is 307 g/mol. The molecule has 0 bridgehead atoms. The van der Waals surface area contributed by atoms with E-state index in [1.54, 1.807) is 11.8 Å². The van der Waals surface area contributed by atoms with Crippen molar-refractivity contribution in [3.8, 4) is 0 Å². The fourth-order valence-electron chi connectivity index (χ4n) is 2.02. The molecule has 0 aromatic rings. The van der Waals surface area contributed by atoms with Crippen LogP contribution in [0.25, 0.3) is 0 Å². The van der Waals surface area contributed by atoms with Crippen molar-refractivity contribution in [3.63, 3.8) is 0 Å². The van der Waals surface area contributed by atoms with Gasteiger partial charge in [-0.3, -0.25) is 9.59 Å². The van der Waals surface area contributed by atoms with Gasteiger partial charge in [-0.2, -0.15) is 0 Å². The number of amides is 2. The van der Waals surface area contributed by atoms with Crippen LogP contribution in [-0.4, -0.2) is 55.1 Å². The number of nitrogens with zero attached hydrogens (tertiary/aromatic N) is 1. The molecule has 2 unspecified atom stereocenters. The average Bonchev–Trinajstić information content (AvgIpc) is 2.35. The lowest BCUT2D eigenvalue weighted by Gasteiger charge is -2.32. The van der Waals surface area contributed by atoms with Crippen molar-refractivity contribution in [2.45, 2.75) is 39.3 Å². The van der Waals surface area contributed by atoms with E-state index in [-0.39, 0.29) is 42.6 Å². The summed E-state index contributed by atoms with van der Waals surface area (Å²) < 4.78 is 5.23. The van der Waals surface area contributed by atoms with E-state index >= 15 is 0 Å². The van der Waals surface area contributed by atoms with Gasteiger partial charge in [-0.05, 0) is 12.8 Å². The zero-order valence-electron chi connectivity index (χ0n) is 12.4. The van der Waals surface area contributed by atoms with Gasteiger partial charge in [-0.25, -0.2) is 0 Å². The number of rotatable bonds is 5. The highest BCUT2D eigenvalue weighted by Gasteiger charge is 2.29. The Labute approximate surface area is 126 Å². The molecule has 0 spiro atoms. The first-order chi connectivity index (χ1) is 8.91. The minimum absolute atomic E-state index is 0. The van der Waals surface area contributed by atoms with E-state index in [0.717, 1.165) is 0 Å². The van der Waals surface area contributed by atoms with Crippen LogP contribution in [0.1, 0.15) is 27.2 Å². The molecule has 0 aromatic heterocycles. The largest absolute Gasteiger partial charge is 0.378 e. The van der Waals surface area contributed by atoms with Crippen molar-refractivity contribution in [1.29, 1.82) is 0 Å². The maximum atomic E-state index is 12.4. The second-order valence-electron chi connectivity index (χ2n) is 5.41. The van der Waals surface area contributed by atoms with Crippen molar-refractivity contribution in [3.05, 3.63) is 0 Å². The molecule has 3 N–H and O–H groups in total. The van der Waals surface area contributed by atoms with Gasteiger partial charge in [-0.1, -0.05) is 13.8 Å². The van der Waals surface area contributed by atoms with Gasteiger partial charge in [0.05, 0.1) is 13.2 Å². The highest BCUT2D eigenvalue weighted by Crippen LogP contribution is 2.09. The van der Waals surface area contributed by atoms with E-state index in [0.29, 0.717) is 26.3 Å². The Kier molecular flexibility index (Phi) is 8.76. The first-order valence-corrected chi connectivity index (χ1v) is 6.83. The number of hydrogen-bond acceptors (Lipinski definition) is 4. The van der Waals surface area contributed by atoms with E-state index in [1.165, 1.54) is 0 Å². The summed E-state index contributed by atoms with van der Waals surface area (Å²) in [6, 6.07) is -0.685. The number of morpholine rings is 1. The predicted molar refractivity (Wildman–Crippen MR) is 79.7 cm³/mol. The number of halogens is 1. The molecule has 1 aliphatic rings. The van der Waals surface area contributed by atoms with Crippen LogP contribution in [0.15, 0.2) is 0 Å². The number of hydrogen-bond donors (Lipinski definition) is 2. The second kappa shape index (κ2) is 9.15. The average molecular weight is 308 g/mol. The van der Waals surface area contributed by atoms with Crippen LogP contribution in [0, 0.1) is 5.92 Å². The van der Waals surface area contributed by atoms with Gasteiger partial charge >= 0.3 is 0 Å². The Morgan fingerprint density at radius 3 is 2.25 bits per heavy atom. The lowest BCUT2D eigenvalue weighted by atomic mass is 10.0. The smallest absolute Gasteiger partial charge is 0.245 e. The molecule has 0 aromatic carbocycles. The first kappa shape index (κ1) is 19.1. The van der Waals surface area contributed by atoms with Crippen molar-refractivity contribution >= 4 is 24.2 Å². The molecule has 118 valence electrons. The molecule has 6 nitrogen and oxygen atoms in total. The molecule has 0 aliphatic carbocycles. The molecule has 1 rings (SSSR count). The summed E-state index contributed by atoms with van der Waals surface area (Å²) in [6.07, 6.45) is 0.236. The Morgan fingerprint density at radius 2 is 1.80 bits per heavy atom. The van der Waals surface area contributed by atoms with Crippen LogP contribution < -0.4 is 11.1 Å². The van der Waals surface area contributed by atoms with Crippen molar-refractivity contribution in [2.24, 2.45) is 11.7 Å². The molecule has 1 heterocycles. The Bertz CT molecular complexity index is 318. The van der Waals surface area contributed by atoms with E-state index in [2.05, 4.69) is 5.32 Å². The molecule has 0 radical (unpaired) electrons. The second-order valence-corrected chi connectivity index (χ2v) is 5.41. The molecule has 2 amide bonds. The molecule has 0 saturated carbocycles. The minimum atomic E-state index is -0.482. The predicted octanol–water partition coefficient (Wildman–Crippen LogP) is 0.145. The number of carbonyl (C=O) groups is 2. The maximum Gasteiger partial charge on any atom is 0.245 e. The lowest BCUT2D eigenvalue weighted by molar-refractivity contribution is -0.141. The summed E-state index contributed by atoms with van der Waals surface area (Å²) in [5.74, 6) is -0.154. The van der Waals surface area contributed by atoms with Gasteiger partial charge in [0.15, 0.2) is 0 Å². The zero-order valence-corrected chi connectivity index (χ0v) is 13.2. The standard InChI is InChI=1S/C13H25N3O3.ClH/c1-9(2)12(15-11(17)8-10(3)14)13(18)16-4-6-19-7-5-16;/h9-10,12H,4-8,14H2,1-3H3,(H,15,17);1H.